The summed E-state index contributed by atoms with van der Waals surface area (Å²) in [5.41, 5.74) is 2.52. The third kappa shape index (κ3) is 4.96. The molecule has 0 unspecified atom stereocenters. The van der Waals surface area contributed by atoms with Gasteiger partial charge in [0.25, 0.3) is 0 Å². The van der Waals surface area contributed by atoms with E-state index in [4.69, 9.17) is 14.2 Å². The van der Waals surface area contributed by atoms with Crippen molar-refractivity contribution in [2.24, 2.45) is 0 Å². The fourth-order valence-electron chi connectivity index (χ4n) is 4.68. The van der Waals surface area contributed by atoms with E-state index in [1.54, 1.807) is 31.2 Å². The van der Waals surface area contributed by atoms with Crippen LogP contribution in [-0.2, 0) is 27.1 Å². The smallest absolute Gasteiger partial charge is 0.416 e. The summed E-state index contributed by atoms with van der Waals surface area (Å²) in [5.74, 6) is -0.583. The van der Waals surface area contributed by atoms with Crippen LogP contribution >= 0.6 is 0 Å². The number of allylic oxidation sites excluding steroid dienone is 3. The van der Waals surface area contributed by atoms with E-state index in [9.17, 15) is 22.8 Å². The minimum absolute atomic E-state index is 0.0357. The highest BCUT2D eigenvalue weighted by atomic mass is 19.4. The third-order valence-electron chi connectivity index (χ3n) is 6.35. The average molecular weight is 502 g/mol. The molecule has 9 heteroatoms. The maximum absolute atomic E-state index is 13.0. The Morgan fingerprint density at radius 3 is 2.56 bits per heavy atom. The van der Waals surface area contributed by atoms with Crippen molar-refractivity contribution >= 4 is 11.8 Å². The SMILES string of the molecule is COC(=O)C1=C(C)NC2=C(C(=O)CCC2)[C@H]1c1ccc(OCc2cccc(C(F)(F)F)c2)c(OC)c1. The van der Waals surface area contributed by atoms with Crippen LogP contribution in [0.25, 0.3) is 0 Å². The maximum Gasteiger partial charge on any atom is 0.416 e. The molecule has 0 spiro atoms. The summed E-state index contributed by atoms with van der Waals surface area (Å²) in [7, 11) is 2.73. The van der Waals surface area contributed by atoms with Crippen molar-refractivity contribution in [3.05, 3.63) is 81.7 Å². The number of hydrogen-bond donors (Lipinski definition) is 1. The zero-order chi connectivity index (χ0) is 26.0. The van der Waals surface area contributed by atoms with Crippen molar-refractivity contribution in [3.8, 4) is 11.5 Å². The van der Waals surface area contributed by atoms with E-state index >= 15 is 0 Å². The molecule has 1 aliphatic carbocycles. The Balaban J connectivity index is 1.68. The Bertz CT molecular complexity index is 1260. The normalized spacial score (nSPS) is 17.9. The van der Waals surface area contributed by atoms with Gasteiger partial charge in [-0.05, 0) is 55.2 Å². The molecule has 1 heterocycles. The predicted octanol–water partition coefficient (Wildman–Crippen LogP) is 5.43. The molecule has 0 aromatic heterocycles. The summed E-state index contributed by atoms with van der Waals surface area (Å²) in [5, 5.41) is 3.21. The first-order valence-electron chi connectivity index (χ1n) is 11.4. The van der Waals surface area contributed by atoms with E-state index in [-0.39, 0.29) is 12.4 Å². The number of halogens is 3. The Kier molecular flexibility index (Phi) is 7.10. The van der Waals surface area contributed by atoms with Crippen LogP contribution in [0, 0.1) is 0 Å². The van der Waals surface area contributed by atoms with Gasteiger partial charge in [0.2, 0.25) is 0 Å². The van der Waals surface area contributed by atoms with Crippen molar-refractivity contribution in [1.29, 1.82) is 0 Å². The molecule has 2 aromatic carbocycles. The molecule has 0 amide bonds. The summed E-state index contributed by atoms with van der Waals surface area (Å²) in [6, 6.07) is 9.94. The van der Waals surface area contributed by atoms with Crippen LogP contribution in [0.1, 0.15) is 48.8 Å². The first-order chi connectivity index (χ1) is 17.1. The molecular formula is C27H26F3NO5. The van der Waals surface area contributed by atoms with Crippen LogP contribution in [0.5, 0.6) is 11.5 Å². The molecular weight excluding hydrogens is 475 g/mol. The first-order valence-corrected chi connectivity index (χ1v) is 11.4. The van der Waals surface area contributed by atoms with Crippen LogP contribution in [-0.4, -0.2) is 26.0 Å². The summed E-state index contributed by atoms with van der Waals surface area (Å²) in [6.45, 7) is 1.67. The van der Waals surface area contributed by atoms with Crippen LogP contribution in [0.4, 0.5) is 13.2 Å². The highest BCUT2D eigenvalue weighted by molar-refractivity contribution is 6.03. The van der Waals surface area contributed by atoms with E-state index in [2.05, 4.69) is 5.32 Å². The Labute approximate surface area is 206 Å². The quantitative estimate of drug-likeness (QED) is 0.532. The number of hydrogen-bond acceptors (Lipinski definition) is 6. The monoisotopic (exact) mass is 501 g/mol. The molecule has 4 rings (SSSR count). The van der Waals surface area contributed by atoms with Gasteiger partial charge in [-0.25, -0.2) is 4.79 Å². The molecule has 6 nitrogen and oxygen atoms in total. The van der Waals surface area contributed by atoms with Gasteiger partial charge in [0.15, 0.2) is 17.3 Å². The first kappa shape index (κ1) is 25.3. The fraction of sp³-hybridized carbons (Fsp3) is 0.333. The highest BCUT2D eigenvalue weighted by Gasteiger charge is 2.39. The van der Waals surface area contributed by atoms with Gasteiger partial charge in [-0.1, -0.05) is 18.2 Å². The summed E-state index contributed by atoms with van der Waals surface area (Å²) >= 11 is 0. The molecule has 1 aliphatic heterocycles. The maximum atomic E-state index is 13.0. The number of rotatable bonds is 6. The van der Waals surface area contributed by atoms with Crippen molar-refractivity contribution in [2.45, 2.75) is 44.9 Å². The number of esters is 1. The molecule has 1 atom stereocenters. The second-order valence-corrected chi connectivity index (χ2v) is 8.65. The second kappa shape index (κ2) is 10.1. The van der Waals surface area contributed by atoms with Gasteiger partial charge in [-0.3, -0.25) is 4.79 Å². The molecule has 0 radical (unpaired) electrons. The molecule has 1 N–H and O–H groups in total. The third-order valence-corrected chi connectivity index (χ3v) is 6.35. The van der Waals surface area contributed by atoms with Gasteiger partial charge in [0, 0.05) is 29.3 Å². The van der Waals surface area contributed by atoms with Gasteiger partial charge in [-0.2, -0.15) is 13.2 Å². The van der Waals surface area contributed by atoms with Crippen molar-refractivity contribution in [2.75, 3.05) is 14.2 Å². The standard InChI is InChI=1S/C27H26F3NO5/c1-15-23(26(33)35-3)24(25-19(31-15)8-5-9-20(25)32)17-10-11-21(22(13-17)34-2)36-14-16-6-4-7-18(12-16)27(28,29)30/h4,6-7,10-13,24,31H,5,8-9,14H2,1-3H3/t24-/m0/s1. The van der Waals surface area contributed by atoms with E-state index in [1.807, 2.05) is 0 Å². The number of carbonyl (C=O) groups excluding carboxylic acids is 2. The van der Waals surface area contributed by atoms with E-state index in [0.717, 1.165) is 24.3 Å². The number of methoxy groups -OCH3 is 2. The number of dihydropyridines is 1. The van der Waals surface area contributed by atoms with E-state index < -0.39 is 23.6 Å². The number of benzene rings is 2. The van der Waals surface area contributed by atoms with E-state index in [0.29, 0.717) is 52.3 Å². The Hall–Kier alpha value is -3.75. The molecule has 36 heavy (non-hydrogen) atoms. The number of ether oxygens (including phenoxy) is 3. The lowest BCUT2D eigenvalue weighted by atomic mass is 9.75. The number of nitrogens with one attached hydrogen (secondary N) is 1. The minimum atomic E-state index is -4.45. The summed E-state index contributed by atoms with van der Waals surface area (Å²) < 4.78 is 55.4. The molecule has 0 fully saturated rings. The second-order valence-electron chi connectivity index (χ2n) is 8.65. The van der Waals surface area contributed by atoms with Crippen LogP contribution in [0.15, 0.2) is 65.0 Å². The van der Waals surface area contributed by atoms with Gasteiger partial charge >= 0.3 is 12.1 Å². The molecule has 2 aromatic rings. The van der Waals surface area contributed by atoms with E-state index in [1.165, 1.54) is 20.3 Å². The van der Waals surface area contributed by atoms with Gasteiger partial charge in [0.1, 0.15) is 6.61 Å². The minimum Gasteiger partial charge on any atom is -0.493 e. The number of Topliss-reactive ketones (excluding diaryl/α,β-unsaturated/α-hetero) is 1. The number of ketones is 1. The molecule has 0 saturated carbocycles. The van der Waals surface area contributed by atoms with Crippen molar-refractivity contribution in [1.82, 2.24) is 5.32 Å². The van der Waals surface area contributed by atoms with Gasteiger partial charge in [-0.15, -0.1) is 0 Å². The zero-order valence-corrected chi connectivity index (χ0v) is 20.1. The molecule has 190 valence electrons. The Morgan fingerprint density at radius 2 is 1.86 bits per heavy atom. The summed E-state index contributed by atoms with van der Waals surface area (Å²) in [6.07, 6.45) is -2.64. The molecule has 0 bridgehead atoms. The van der Waals surface area contributed by atoms with Crippen LogP contribution < -0.4 is 14.8 Å². The predicted molar refractivity (Wildman–Crippen MR) is 125 cm³/mol. The zero-order valence-electron chi connectivity index (χ0n) is 20.1. The van der Waals surface area contributed by atoms with Crippen LogP contribution in [0.3, 0.4) is 0 Å². The highest BCUT2D eigenvalue weighted by Crippen LogP contribution is 2.44. The molecule has 0 saturated heterocycles. The van der Waals surface area contributed by atoms with Crippen LogP contribution in [0.2, 0.25) is 0 Å². The average Bonchev–Trinajstić information content (AvgIpc) is 2.86. The fourth-order valence-corrected chi connectivity index (χ4v) is 4.68. The summed E-state index contributed by atoms with van der Waals surface area (Å²) in [4.78, 5) is 25.7. The Morgan fingerprint density at radius 1 is 1.08 bits per heavy atom. The van der Waals surface area contributed by atoms with Crippen molar-refractivity contribution < 1.29 is 37.0 Å². The number of carbonyl (C=O) groups is 2. The molecule has 2 aliphatic rings. The van der Waals surface area contributed by atoms with Gasteiger partial charge < -0.3 is 19.5 Å². The van der Waals surface area contributed by atoms with Crippen molar-refractivity contribution in [3.63, 3.8) is 0 Å². The van der Waals surface area contributed by atoms with Gasteiger partial charge in [0.05, 0.1) is 25.4 Å². The lowest BCUT2D eigenvalue weighted by Crippen LogP contribution is -2.34. The number of alkyl halides is 3. The topological polar surface area (TPSA) is 73.9 Å². The lowest BCUT2D eigenvalue weighted by Gasteiger charge is -2.34. The largest absolute Gasteiger partial charge is 0.493 e. The lowest BCUT2D eigenvalue weighted by molar-refractivity contribution is -0.138.